The van der Waals surface area contributed by atoms with Gasteiger partial charge in [-0.05, 0) is 0 Å². The average Bonchev–Trinajstić information content (AvgIpc) is 2.75. The van der Waals surface area contributed by atoms with Crippen LogP contribution in [0.25, 0.3) is 0 Å². The van der Waals surface area contributed by atoms with E-state index in [0.717, 1.165) is 5.56 Å². The molecule has 5 heteroatoms. The second-order valence-electron chi connectivity index (χ2n) is 3.46. The minimum absolute atomic E-state index is 0.0631. The summed E-state index contributed by atoms with van der Waals surface area (Å²) in [7, 11) is 1.87. The molecule has 1 aromatic rings. The Morgan fingerprint density at radius 1 is 1.64 bits per heavy atom. The molecule has 78 valence electrons. The highest BCUT2D eigenvalue weighted by Gasteiger charge is 2.20. The molecule has 14 heavy (non-hydrogen) atoms. The second-order valence-corrected chi connectivity index (χ2v) is 3.46. The third-order valence-electron chi connectivity index (χ3n) is 2.29. The zero-order chi connectivity index (χ0) is 9.97. The van der Waals surface area contributed by atoms with Gasteiger partial charge in [0.15, 0.2) is 6.29 Å². The molecular formula is C9H15N3O2. The zero-order valence-corrected chi connectivity index (χ0v) is 8.22. The third-order valence-corrected chi connectivity index (χ3v) is 2.29. The van der Waals surface area contributed by atoms with Crippen LogP contribution < -0.4 is 5.73 Å². The third kappa shape index (κ3) is 2.12. The van der Waals surface area contributed by atoms with Crippen molar-refractivity contribution in [2.24, 2.45) is 12.8 Å². The van der Waals surface area contributed by atoms with Crippen LogP contribution in [0.15, 0.2) is 12.4 Å². The summed E-state index contributed by atoms with van der Waals surface area (Å²) >= 11 is 0. The van der Waals surface area contributed by atoms with E-state index in [0.29, 0.717) is 19.6 Å². The molecule has 1 fully saturated rings. The van der Waals surface area contributed by atoms with Gasteiger partial charge in [0.1, 0.15) is 0 Å². The van der Waals surface area contributed by atoms with Crippen LogP contribution in [0.3, 0.4) is 0 Å². The lowest BCUT2D eigenvalue weighted by Gasteiger charge is -2.13. The first kappa shape index (κ1) is 9.64. The van der Waals surface area contributed by atoms with Crippen LogP contribution >= 0.6 is 0 Å². The molecule has 1 saturated heterocycles. The van der Waals surface area contributed by atoms with Gasteiger partial charge in [-0.15, -0.1) is 0 Å². The summed E-state index contributed by atoms with van der Waals surface area (Å²) in [6.07, 6.45) is 4.23. The van der Waals surface area contributed by atoms with Crippen molar-refractivity contribution in [2.75, 3.05) is 13.2 Å². The fourth-order valence-corrected chi connectivity index (χ4v) is 1.52. The Morgan fingerprint density at radius 2 is 2.36 bits per heavy atom. The van der Waals surface area contributed by atoms with Crippen molar-refractivity contribution in [2.45, 2.75) is 18.8 Å². The molecule has 0 radical (unpaired) electrons. The molecule has 0 spiro atoms. The van der Waals surface area contributed by atoms with Crippen LogP contribution in [0.5, 0.6) is 0 Å². The van der Waals surface area contributed by atoms with Gasteiger partial charge >= 0.3 is 0 Å². The Kier molecular flexibility index (Phi) is 2.81. The predicted molar refractivity (Wildman–Crippen MR) is 50.4 cm³/mol. The number of aromatic nitrogens is 2. The molecule has 2 rings (SSSR count). The smallest absolute Gasteiger partial charge is 0.159 e. The molecule has 1 unspecified atom stereocenters. The largest absolute Gasteiger partial charge is 0.350 e. The van der Waals surface area contributed by atoms with Crippen molar-refractivity contribution in [1.82, 2.24) is 9.78 Å². The molecule has 1 atom stereocenters. The maximum absolute atomic E-state index is 5.97. The van der Waals surface area contributed by atoms with Crippen molar-refractivity contribution in [3.05, 3.63) is 18.0 Å². The molecule has 1 aliphatic rings. The average molecular weight is 197 g/mol. The van der Waals surface area contributed by atoms with E-state index in [2.05, 4.69) is 5.10 Å². The Hall–Kier alpha value is -0.910. The topological polar surface area (TPSA) is 62.3 Å². The van der Waals surface area contributed by atoms with E-state index in [1.165, 1.54) is 0 Å². The maximum atomic E-state index is 5.97. The van der Waals surface area contributed by atoms with Gasteiger partial charge in [0.25, 0.3) is 0 Å². The first-order valence-electron chi connectivity index (χ1n) is 4.73. The van der Waals surface area contributed by atoms with E-state index in [-0.39, 0.29) is 12.3 Å². The number of hydrogen-bond acceptors (Lipinski definition) is 4. The summed E-state index contributed by atoms with van der Waals surface area (Å²) in [4.78, 5) is 0. The SMILES string of the molecule is Cn1cc(C(N)CC2OCCO2)cn1. The summed E-state index contributed by atoms with van der Waals surface area (Å²) in [6.45, 7) is 1.34. The van der Waals surface area contributed by atoms with E-state index in [1.54, 1.807) is 10.9 Å². The summed E-state index contributed by atoms with van der Waals surface area (Å²) in [5.41, 5.74) is 6.99. The molecule has 0 aliphatic carbocycles. The molecule has 0 aromatic carbocycles. The number of aryl methyl sites for hydroxylation is 1. The Balaban J connectivity index is 1.91. The number of hydrogen-bond donors (Lipinski definition) is 1. The lowest BCUT2D eigenvalue weighted by molar-refractivity contribution is -0.0507. The van der Waals surface area contributed by atoms with E-state index in [9.17, 15) is 0 Å². The normalized spacial score (nSPS) is 20.1. The number of nitrogens with zero attached hydrogens (tertiary/aromatic N) is 2. The number of rotatable bonds is 3. The lowest BCUT2D eigenvalue weighted by Crippen LogP contribution is -2.19. The van der Waals surface area contributed by atoms with Gasteiger partial charge < -0.3 is 15.2 Å². The molecule has 2 N–H and O–H groups in total. The summed E-state index contributed by atoms with van der Waals surface area (Å²) < 4.78 is 12.4. The second kappa shape index (κ2) is 4.08. The van der Waals surface area contributed by atoms with Crippen LogP contribution in [0.2, 0.25) is 0 Å². The van der Waals surface area contributed by atoms with Crippen molar-refractivity contribution < 1.29 is 9.47 Å². The van der Waals surface area contributed by atoms with Gasteiger partial charge in [-0.3, -0.25) is 4.68 Å². The highest BCUT2D eigenvalue weighted by atomic mass is 16.7. The van der Waals surface area contributed by atoms with Gasteiger partial charge in [-0.1, -0.05) is 0 Å². The van der Waals surface area contributed by atoms with Crippen LogP contribution in [-0.4, -0.2) is 29.3 Å². The predicted octanol–water partition coefficient (Wildman–Crippen LogP) is 0.183. The molecule has 0 bridgehead atoms. The summed E-state index contributed by atoms with van der Waals surface area (Å²) in [6, 6.07) is -0.0631. The van der Waals surface area contributed by atoms with Gasteiger partial charge in [-0.2, -0.15) is 5.10 Å². The monoisotopic (exact) mass is 197 g/mol. The molecule has 5 nitrogen and oxygen atoms in total. The van der Waals surface area contributed by atoms with Crippen molar-refractivity contribution >= 4 is 0 Å². The molecule has 0 amide bonds. The Morgan fingerprint density at radius 3 is 2.93 bits per heavy atom. The minimum atomic E-state index is -0.148. The molecule has 0 saturated carbocycles. The molecule has 2 heterocycles. The highest BCUT2D eigenvalue weighted by Crippen LogP contribution is 2.19. The fraction of sp³-hybridized carbons (Fsp3) is 0.667. The Bertz CT molecular complexity index is 294. The quantitative estimate of drug-likeness (QED) is 0.751. The first-order chi connectivity index (χ1) is 6.75. The van der Waals surface area contributed by atoms with Crippen molar-refractivity contribution in [1.29, 1.82) is 0 Å². The van der Waals surface area contributed by atoms with Gasteiger partial charge in [0, 0.05) is 31.3 Å². The number of nitrogens with two attached hydrogens (primary N) is 1. The number of ether oxygens (including phenoxy) is 2. The van der Waals surface area contributed by atoms with Crippen molar-refractivity contribution in [3.8, 4) is 0 Å². The fourth-order valence-electron chi connectivity index (χ4n) is 1.52. The standard InChI is InChI=1S/C9H15N3O2/c1-12-6-7(5-11-12)8(10)4-9-13-2-3-14-9/h5-6,8-9H,2-4,10H2,1H3. The first-order valence-corrected chi connectivity index (χ1v) is 4.73. The van der Waals surface area contributed by atoms with E-state index < -0.39 is 0 Å². The molecule has 1 aromatic heterocycles. The highest BCUT2D eigenvalue weighted by molar-refractivity contribution is 5.09. The van der Waals surface area contributed by atoms with Crippen LogP contribution in [0, 0.1) is 0 Å². The van der Waals surface area contributed by atoms with Gasteiger partial charge in [0.05, 0.1) is 19.4 Å². The van der Waals surface area contributed by atoms with E-state index in [1.807, 2.05) is 13.2 Å². The Labute approximate surface area is 82.8 Å². The van der Waals surface area contributed by atoms with E-state index >= 15 is 0 Å². The van der Waals surface area contributed by atoms with Crippen molar-refractivity contribution in [3.63, 3.8) is 0 Å². The van der Waals surface area contributed by atoms with Crippen LogP contribution in [0.4, 0.5) is 0 Å². The lowest BCUT2D eigenvalue weighted by atomic mass is 10.1. The maximum Gasteiger partial charge on any atom is 0.159 e. The summed E-state index contributed by atoms with van der Waals surface area (Å²) in [5.74, 6) is 0. The van der Waals surface area contributed by atoms with E-state index in [4.69, 9.17) is 15.2 Å². The van der Waals surface area contributed by atoms with Gasteiger partial charge in [0.2, 0.25) is 0 Å². The van der Waals surface area contributed by atoms with Crippen LogP contribution in [0.1, 0.15) is 18.0 Å². The molecular weight excluding hydrogens is 182 g/mol. The zero-order valence-electron chi connectivity index (χ0n) is 8.22. The summed E-state index contributed by atoms with van der Waals surface area (Å²) in [5, 5.41) is 4.07. The molecule has 1 aliphatic heterocycles. The van der Waals surface area contributed by atoms with Crippen LogP contribution in [-0.2, 0) is 16.5 Å². The minimum Gasteiger partial charge on any atom is -0.350 e. The van der Waals surface area contributed by atoms with Gasteiger partial charge in [-0.25, -0.2) is 0 Å².